The highest BCUT2D eigenvalue weighted by Crippen LogP contribution is 2.16. The molecule has 1 rings (SSSR count). The zero-order valence-corrected chi connectivity index (χ0v) is 10.2. The van der Waals surface area contributed by atoms with Crippen LogP contribution in [0.25, 0.3) is 0 Å². The largest absolute Gasteiger partial charge is 0.466 e. The number of ether oxygens (including phenoxy) is 1. The zero-order chi connectivity index (χ0) is 12.5. The van der Waals surface area contributed by atoms with E-state index in [1.54, 1.807) is 0 Å². The molecule has 3 nitrogen and oxygen atoms in total. The van der Waals surface area contributed by atoms with Gasteiger partial charge in [0, 0.05) is 18.7 Å². The minimum atomic E-state index is -0.147. The molecule has 0 saturated heterocycles. The van der Waals surface area contributed by atoms with Crippen molar-refractivity contribution in [1.29, 1.82) is 0 Å². The third-order valence-corrected chi connectivity index (χ3v) is 2.36. The summed E-state index contributed by atoms with van der Waals surface area (Å²) >= 11 is 0. The Balaban J connectivity index is 2.56. The van der Waals surface area contributed by atoms with Crippen LogP contribution in [-0.4, -0.2) is 19.1 Å². The lowest BCUT2D eigenvalue weighted by atomic mass is 10.1. The van der Waals surface area contributed by atoms with E-state index in [4.69, 9.17) is 4.74 Å². The third-order valence-electron chi connectivity index (χ3n) is 2.36. The number of anilines is 1. The van der Waals surface area contributed by atoms with Crippen LogP contribution in [-0.2, 0) is 16.0 Å². The van der Waals surface area contributed by atoms with Crippen molar-refractivity contribution in [3.8, 4) is 0 Å². The van der Waals surface area contributed by atoms with E-state index in [0.717, 1.165) is 17.8 Å². The summed E-state index contributed by atoms with van der Waals surface area (Å²) in [6, 6.07) is 7.97. The number of para-hydroxylation sites is 1. The van der Waals surface area contributed by atoms with Gasteiger partial charge in [0.05, 0.1) is 6.61 Å². The van der Waals surface area contributed by atoms with Crippen LogP contribution in [0.3, 0.4) is 0 Å². The molecule has 0 atom stereocenters. The first-order chi connectivity index (χ1) is 8.27. The predicted molar refractivity (Wildman–Crippen MR) is 70.1 cm³/mol. The third kappa shape index (κ3) is 4.72. The highest BCUT2D eigenvalue weighted by Gasteiger charge is 2.05. The summed E-state index contributed by atoms with van der Waals surface area (Å²) < 4.78 is 4.91. The molecule has 0 spiro atoms. The van der Waals surface area contributed by atoms with Gasteiger partial charge >= 0.3 is 5.97 Å². The first kappa shape index (κ1) is 13.3. The van der Waals surface area contributed by atoms with Crippen molar-refractivity contribution in [3.05, 3.63) is 42.5 Å². The number of benzene rings is 1. The van der Waals surface area contributed by atoms with Crippen molar-refractivity contribution in [2.45, 2.75) is 19.8 Å². The number of carbonyl (C=O) groups excluding carboxylic acids is 1. The molecule has 0 aliphatic carbocycles. The van der Waals surface area contributed by atoms with E-state index < -0.39 is 0 Å². The molecule has 0 aromatic heterocycles. The fraction of sp³-hybridized carbons (Fsp3) is 0.357. The van der Waals surface area contributed by atoms with Crippen molar-refractivity contribution in [2.24, 2.45) is 0 Å². The lowest BCUT2D eigenvalue weighted by molar-refractivity contribution is -0.143. The molecule has 0 aliphatic rings. The molecule has 92 valence electrons. The summed E-state index contributed by atoms with van der Waals surface area (Å²) in [4.78, 5) is 11.3. The number of hydrogen-bond donors (Lipinski definition) is 1. The topological polar surface area (TPSA) is 38.3 Å². The van der Waals surface area contributed by atoms with E-state index in [-0.39, 0.29) is 5.97 Å². The van der Waals surface area contributed by atoms with Crippen LogP contribution in [0.1, 0.15) is 18.9 Å². The molecule has 1 aromatic carbocycles. The van der Waals surface area contributed by atoms with Crippen molar-refractivity contribution >= 4 is 11.7 Å². The van der Waals surface area contributed by atoms with Gasteiger partial charge in [0.15, 0.2) is 0 Å². The Morgan fingerprint density at radius 2 is 2.24 bits per heavy atom. The number of rotatable bonds is 7. The van der Waals surface area contributed by atoms with Crippen LogP contribution in [0.4, 0.5) is 5.69 Å². The van der Waals surface area contributed by atoms with Gasteiger partial charge in [0.25, 0.3) is 0 Å². The average Bonchev–Trinajstić information content (AvgIpc) is 2.35. The lowest BCUT2D eigenvalue weighted by Gasteiger charge is -2.10. The highest BCUT2D eigenvalue weighted by atomic mass is 16.5. The Hall–Kier alpha value is -1.77. The fourth-order valence-corrected chi connectivity index (χ4v) is 1.56. The van der Waals surface area contributed by atoms with Crippen LogP contribution in [0.15, 0.2) is 36.9 Å². The molecule has 0 fully saturated rings. The van der Waals surface area contributed by atoms with E-state index in [9.17, 15) is 4.79 Å². The van der Waals surface area contributed by atoms with E-state index in [0.29, 0.717) is 19.4 Å². The normalized spacial score (nSPS) is 9.71. The summed E-state index contributed by atoms with van der Waals surface area (Å²) in [7, 11) is 0. The lowest BCUT2D eigenvalue weighted by Crippen LogP contribution is -2.07. The van der Waals surface area contributed by atoms with Gasteiger partial charge in [-0.25, -0.2) is 0 Å². The molecule has 0 aliphatic heterocycles. The quantitative estimate of drug-likeness (QED) is 0.581. The van der Waals surface area contributed by atoms with Gasteiger partial charge in [-0.2, -0.15) is 0 Å². The second-order valence-electron chi connectivity index (χ2n) is 3.63. The van der Waals surface area contributed by atoms with Crippen molar-refractivity contribution in [3.63, 3.8) is 0 Å². The molecule has 0 saturated carbocycles. The van der Waals surface area contributed by atoms with Gasteiger partial charge < -0.3 is 10.1 Å². The van der Waals surface area contributed by atoms with Crippen LogP contribution >= 0.6 is 0 Å². The summed E-state index contributed by atoms with van der Waals surface area (Å²) in [5, 5.41) is 3.25. The monoisotopic (exact) mass is 233 g/mol. The van der Waals surface area contributed by atoms with Crippen LogP contribution in [0, 0.1) is 0 Å². The molecule has 0 heterocycles. The maximum Gasteiger partial charge on any atom is 0.306 e. The second-order valence-corrected chi connectivity index (χ2v) is 3.63. The van der Waals surface area contributed by atoms with Gasteiger partial charge in [-0.05, 0) is 25.0 Å². The SMILES string of the molecule is C=CCNc1ccccc1CCC(=O)OCC. The summed E-state index contributed by atoms with van der Waals surface area (Å²) in [5.41, 5.74) is 2.18. The first-order valence-electron chi connectivity index (χ1n) is 5.86. The highest BCUT2D eigenvalue weighted by molar-refractivity contribution is 5.70. The number of hydrogen-bond acceptors (Lipinski definition) is 3. The molecule has 3 heteroatoms. The summed E-state index contributed by atoms with van der Waals surface area (Å²) in [6.45, 7) is 6.64. The Bertz CT molecular complexity index is 374. The number of aryl methyl sites for hydroxylation is 1. The minimum Gasteiger partial charge on any atom is -0.466 e. The maximum absolute atomic E-state index is 11.3. The minimum absolute atomic E-state index is 0.147. The second kappa shape index (κ2) is 7.49. The van der Waals surface area contributed by atoms with E-state index in [1.165, 1.54) is 0 Å². The molecular weight excluding hydrogens is 214 g/mol. The van der Waals surface area contributed by atoms with Crippen molar-refractivity contribution in [2.75, 3.05) is 18.5 Å². The van der Waals surface area contributed by atoms with Crippen LogP contribution < -0.4 is 5.32 Å². The van der Waals surface area contributed by atoms with Gasteiger partial charge in [-0.3, -0.25) is 4.79 Å². The van der Waals surface area contributed by atoms with E-state index in [2.05, 4.69) is 11.9 Å². The molecular formula is C14H19NO2. The van der Waals surface area contributed by atoms with E-state index in [1.807, 2.05) is 37.3 Å². The Kier molecular flexibility index (Phi) is 5.86. The zero-order valence-electron chi connectivity index (χ0n) is 10.2. The molecule has 0 amide bonds. The van der Waals surface area contributed by atoms with Gasteiger partial charge in [0.1, 0.15) is 0 Å². The van der Waals surface area contributed by atoms with Crippen molar-refractivity contribution < 1.29 is 9.53 Å². The van der Waals surface area contributed by atoms with Crippen LogP contribution in [0.2, 0.25) is 0 Å². The van der Waals surface area contributed by atoms with Gasteiger partial charge in [-0.15, -0.1) is 6.58 Å². The molecule has 1 aromatic rings. The van der Waals surface area contributed by atoms with Crippen molar-refractivity contribution in [1.82, 2.24) is 0 Å². The smallest absolute Gasteiger partial charge is 0.306 e. The first-order valence-corrected chi connectivity index (χ1v) is 5.86. The number of carbonyl (C=O) groups is 1. The maximum atomic E-state index is 11.3. The standard InChI is InChI=1S/C14H19NO2/c1-3-11-15-13-8-6-5-7-12(13)9-10-14(16)17-4-2/h3,5-8,15H,1,4,9-11H2,2H3. The van der Waals surface area contributed by atoms with E-state index >= 15 is 0 Å². The van der Waals surface area contributed by atoms with Gasteiger partial charge in [0.2, 0.25) is 0 Å². The molecule has 17 heavy (non-hydrogen) atoms. The average molecular weight is 233 g/mol. The molecule has 1 N–H and O–H groups in total. The predicted octanol–water partition coefficient (Wildman–Crippen LogP) is 2.78. The number of nitrogens with one attached hydrogen (secondary N) is 1. The molecule has 0 unspecified atom stereocenters. The fourth-order valence-electron chi connectivity index (χ4n) is 1.56. The Morgan fingerprint density at radius 3 is 2.94 bits per heavy atom. The Morgan fingerprint density at radius 1 is 1.47 bits per heavy atom. The molecule has 0 radical (unpaired) electrons. The Labute approximate surface area is 102 Å². The molecule has 0 bridgehead atoms. The van der Waals surface area contributed by atoms with Crippen LogP contribution in [0.5, 0.6) is 0 Å². The summed E-state index contributed by atoms with van der Waals surface area (Å²) in [6.07, 6.45) is 2.92. The van der Waals surface area contributed by atoms with Gasteiger partial charge in [-0.1, -0.05) is 24.3 Å². The summed E-state index contributed by atoms with van der Waals surface area (Å²) in [5.74, 6) is -0.147. The number of esters is 1.